The van der Waals surface area contributed by atoms with Gasteiger partial charge in [0.25, 0.3) is 0 Å². The predicted octanol–water partition coefficient (Wildman–Crippen LogP) is 9.96. The van der Waals surface area contributed by atoms with Crippen molar-refractivity contribution in [1.29, 1.82) is 0 Å². The molecule has 4 aromatic carbocycles. The van der Waals surface area contributed by atoms with Gasteiger partial charge in [-0.25, -0.2) is 26.9 Å². The Balaban J connectivity index is 0.000000293. The van der Waals surface area contributed by atoms with Gasteiger partial charge in [-0.3, -0.25) is 4.99 Å². The molecule has 0 aliphatic heterocycles. The fourth-order valence-electron chi connectivity index (χ4n) is 3.56. The molecule has 0 bridgehead atoms. The molecular weight excluding hydrogens is 646 g/mol. The Morgan fingerprint density at radius 2 is 1.12 bits per heavy atom. The van der Waals surface area contributed by atoms with Crippen molar-refractivity contribution in [2.75, 3.05) is 0 Å². The van der Waals surface area contributed by atoms with Gasteiger partial charge in [0.15, 0.2) is 23.3 Å². The Morgan fingerprint density at radius 3 is 1.65 bits per heavy atom. The number of hydrogen-bond donors (Lipinski definition) is 2. The van der Waals surface area contributed by atoms with E-state index in [1.165, 1.54) is 6.07 Å². The van der Waals surface area contributed by atoms with E-state index in [-0.39, 0.29) is 11.3 Å². The molecule has 0 spiro atoms. The molecule has 0 heterocycles. The standard InChI is InChI=1S/C17H14F5NO.C14H13NO.2ClH.Ti/c1-17(2,3)9-6-4-5-8(16(9)24)7-23-15-13(21)11(19)10(18)12(20)14(15)22;1-11-6-5-7-12(14(11)16)10-15-13-8-3-2-4-9-13;;;/h4-7,24H,1-3H3;2-10,16H,1H3;2*1H;/q;;;;+2/p-2. The minimum absolute atomic E-state index is 0.0892. The third-order valence-corrected chi connectivity index (χ3v) is 5.77. The van der Waals surface area contributed by atoms with Gasteiger partial charge in [-0.05, 0) is 47.7 Å². The van der Waals surface area contributed by atoms with E-state index in [2.05, 4.69) is 9.98 Å². The zero-order valence-electron chi connectivity index (χ0n) is 23.4. The number of benzene rings is 4. The zero-order valence-corrected chi connectivity index (χ0v) is 26.5. The molecule has 0 saturated carbocycles. The average molecular weight is 673 g/mol. The van der Waals surface area contributed by atoms with Crippen molar-refractivity contribution in [3.05, 3.63) is 118 Å². The number of phenols is 2. The van der Waals surface area contributed by atoms with E-state index in [1.807, 2.05) is 76.2 Å². The van der Waals surface area contributed by atoms with Gasteiger partial charge in [-0.1, -0.05) is 63.2 Å². The summed E-state index contributed by atoms with van der Waals surface area (Å²) >= 11 is -0.556. The summed E-state index contributed by atoms with van der Waals surface area (Å²) in [5.74, 6) is -10.4. The summed E-state index contributed by atoms with van der Waals surface area (Å²) in [6.45, 7) is 7.39. The second-order valence-corrected chi connectivity index (χ2v) is 12.4. The van der Waals surface area contributed by atoms with Crippen LogP contribution >= 0.6 is 18.6 Å². The van der Waals surface area contributed by atoms with Crippen molar-refractivity contribution >= 4 is 42.4 Å². The van der Waals surface area contributed by atoms with Crippen molar-refractivity contribution < 1.29 is 49.2 Å². The van der Waals surface area contributed by atoms with E-state index in [0.29, 0.717) is 11.3 Å². The van der Waals surface area contributed by atoms with E-state index in [0.717, 1.165) is 23.0 Å². The first-order chi connectivity index (χ1) is 20.2. The van der Waals surface area contributed by atoms with Gasteiger partial charge >= 0.3 is 35.6 Å². The minimum atomic E-state index is -2.25. The fraction of sp³-hybridized carbons (Fsp3) is 0.161. The summed E-state index contributed by atoms with van der Waals surface area (Å²) in [4.78, 5) is 7.63. The molecule has 0 fully saturated rings. The number of rotatable bonds is 4. The van der Waals surface area contributed by atoms with Crippen molar-refractivity contribution in [2.24, 2.45) is 9.98 Å². The Kier molecular flexibility index (Phi) is 13.9. The monoisotopic (exact) mass is 672 g/mol. The van der Waals surface area contributed by atoms with Gasteiger partial charge < -0.3 is 10.2 Å². The molecule has 0 unspecified atom stereocenters. The summed E-state index contributed by atoms with van der Waals surface area (Å²) in [6, 6.07) is 19.9. The molecule has 0 aliphatic rings. The third-order valence-electron chi connectivity index (χ3n) is 5.77. The molecule has 0 aromatic heterocycles. The molecule has 4 nitrogen and oxygen atoms in total. The molecule has 0 radical (unpaired) electrons. The molecule has 226 valence electrons. The molecule has 0 saturated heterocycles. The average Bonchev–Trinajstić information content (AvgIpc) is 2.97. The Morgan fingerprint density at radius 1 is 0.651 bits per heavy atom. The third kappa shape index (κ3) is 9.90. The van der Waals surface area contributed by atoms with E-state index >= 15 is 0 Å². The van der Waals surface area contributed by atoms with E-state index in [1.54, 1.807) is 18.3 Å². The van der Waals surface area contributed by atoms with E-state index in [4.69, 9.17) is 18.6 Å². The van der Waals surface area contributed by atoms with Gasteiger partial charge in [-0.2, -0.15) is 0 Å². The van der Waals surface area contributed by atoms with Gasteiger partial charge in [0.1, 0.15) is 17.2 Å². The van der Waals surface area contributed by atoms with Crippen LogP contribution in [0, 0.1) is 36.0 Å². The summed E-state index contributed by atoms with van der Waals surface area (Å²) in [7, 11) is 9.78. The molecule has 4 aromatic rings. The Hall–Kier alpha value is -3.24. The number of aromatic hydroxyl groups is 2. The summed E-state index contributed by atoms with van der Waals surface area (Å²) in [5.41, 5.74) is 1.38. The van der Waals surface area contributed by atoms with Crippen LogP contribution in [-0.2, 0) is 22.4 Å². The van der Waals surface area contributed by atoms with Gasteiger partial charge in [0, 0.05) is 23.6 Å². The first kappa shape index (κ1) is 36.0. The number of phenolic OH excluding ortho intramolecular Hbond substituents is 2. The second-order valence-electron chi connectivity index (χ2n) is 9.85. The van der Waals surface area contributed by atoms with Gasteiger partial charge in [-0.15, -0.1) is 0 Å². The number of aliphatic imine (C=N–C) groups is 2. The second kappa shape index (κ2) is 16.6. The molecule has 12 heteroatoms. The van der Waals surface area contributed by atoms with Crippen molar-refractivity contribution in [2.45, 2.75) is 33.1 Å². The molecule has 4 rings (SSSR count). The Bertz CT molecular complexity index is 1570. The van der Waals surface area contributed by atoms with Crippen LogP contribution in [0.25, 0.3) is 0 Å². The Labute approximate surface area is 263 Å². The molecule has 0 atom stereocenters. The van der Waals surface area contributed by atoms with Gasteiger partial charge in [0.05, 0.1) is 5.69 Å². The summed E-state index contributed by atoms with van der Waals surface area (Å²) in [5, 5.41) is 20.0. The first-order valence-electron chi connectivity index (χ1n) is 12.5. The zero-order chi connectivity index (χ0) is 32.3. The topological polar surface area (TPSA) is 65.2 Å². The van der Waals surface area contributed by atoms with Crippen molar-refractivity contribution in [3.8, 4) is 11.5 Å². The van der Waals surface area contributed by atoms with Gasteiger partial charge in [0.2, 0.25) is 5.82 Å². The first-order valence-corrected chi connectivity index (χ1v) is 16.8. The van der Waals surface area contributed by atoms with Crippen LogP contribution in [0.1, 0.15) is 43.0 Å². The number of para-hydroxylation sites is 3. The van der Waals surface area contributed by atoms with Crippen molar-refractivity contribution in [3.63, 3.8) is 0 Å². The molecule has 0 aliphatic carbocycles. The van der Waals surface area contributed by atoms with Crippen LogP contribution in [0.2, 0.25) is 0 Å². The van der Waals surface area contributed by atoms with Crippen LogP contribution in [0.4, 0.5) is 33.3 Å². The van der Waals surface area contributed by atoms with E-state index in [9.17, 15) is 32.2 Å². The van der Waals surface area contributed by atoms with Crippen LogP contribution < -0.4 is 0 Å². The normalized spacial score (nSPS) is 11.1. The van der Waals surface area contributed by atoms with Crippen LogP contribution in [0.5, 0.6) is 11.5 Å². The quantitative estimate of drug-likeness (QED) is 0.0745. The van der Waals surface area contributed by atoms with Crippen LogP contribution in [-0.4, -0.2) is 22.6 Å². The molecule has 43 heavy (non-hydrogen) atoms. The number of nitrogens with zero attached hydrogens (tertiary/aromatic N) is 2. The maximum atomic E-state index is 13.6. The van der Waals surface area contributed by atoms with Crippen LogP contribution in [0.15, 0.2) is 76.7 Å². The number of aryl methyl sites for hydroxylation is 1. The number of halogens is 7. The van der Waals surface area contributed by atoms with E-state index < -0.39 is 57.2 Å². The summed E-state index contributed by atoms with van der Waals surface area (Å²) in [6.07, 6.45) is 2.53. The molecular formula is C31H27Cl2F5N2O2Ti. The maximum absolute atomic E-state index is 13.6. The summed E-state index contributed by atoms with van der Waals surface area (Å²) < 4.78 is 66.4. The van der Waals surface area contributed by atoms with Crippen molar-refractivity contribution in [1.82, 2.24) is 0 Å². The number of hydrogen-bond acceptors (Lipinski definition) is 4. The fourth-order valence-corrected chi connectivity index (χ4v) is 3.56. The van der Waals surface area contributed by atoms with Crippen LogP contribution in [0.3, 0.4) is 0 Å². The molecule has 0 amide bonds. The molecule has 2 N–H and O–H groups in total. The predicted molar refractivity (Wildman–Crippen MR) is 159 cm³/mol. The SMILES string of the molecule is CC(C)(C)c1cccc(C=Nc2c(F)c(F)c(F)c(F)c2F)c1O.Cc1cccc(C=Nc2ccccc2)c1O.[Cl][Ti][Cl].